The quantitative estimate of drug-likeness (QED) is 0.525. The number of carbonyl (C=O) groups excluding carboxylic acids is 3. The molecule has 10 heteroatoms. The van der Waals surface area contributed by atoms with E-state index in [1.807, 2.05) is 0 Å². The van der Waals surface area contributed by atoms with Crippen LogP contribution in [0.3, 0.4) is 0 Å². The summed E-state index contributed by atoms with van der Waals surface area (Å²) in [5, 5.41) is 11.0. The van der Waals surface area contributed by atoms with Crippen molar-refractivity contribution in [1.82, 2.24) is 5.16 Å². The largest absolute Gasteiger partial charge is 0.465 e. The monoisotopic (exact) mass is 421 g/mol. The molecule has 0 bridgehead atoms. The Morgan fingerprint density at radius 3 is 2.41 bits per heavy atom. The molecular weight excluding hydrogens is 396 g/mol. The van der Waals surface area contributed by atoms with Crippen molar-refractivity contribution in [2.75, 3.05) is 43.9 Å². The predicted molar refractivity (Wildman–Crippen MR) is 108 cm³/mol. The summed E-state index contributed by atoms with van der Waals surface area (Å²) >= 11 is 1.21. The number of likely N-dealkylation sites (tertiary alicyclic amines) is 1. The highest BCUT2D eigenvalue weighted by Crippen LogP contribution is 2.24. The highest BCUT2D eigenvalue weighted by Gasteiger charge is 2.34. The Morgan fingerprint density at radius 1 is 1.10 bits per heavy atom. The van der Waals surface area contributed by atoms with Gasteiger partial charge in [0.1, 0.15) is 11.1 Å². The first-order valence-electron chi connectivity index (χ1n) is 9.52. The minimum absolute atomic E-state index is 0.155. The number of thiophene rings is 1. The molecule has 9 nitrogen and oxygen atoms in total. The SMILES string of the molecule is COC(=O)c1sccc1NC(=O)C[N+]1(CC(=O)Nc2ccon2)CCCCCC1. The molecule has 156 valence electrons. The molecule has 2 aromatic rings. The van der Waals surface area contributed by atoms with E-state index >= 15 is 0 Å². The standard InChI is InChI=1S/C19H24N4O5S/c1-27-19(26)18-14(7-11-29-18)20-16(24)12-23(8-4-2-3-5-9-23)13-17(25)21-15-6-10-28-22-15/h6-7,10-11H,2-5,8-9,12-13H2,1H3,(H-,20,21,22,24,25,26)/p+1. The van der Waals surface area contributed by atoms with Crippen molar-refractivity contribution < 1.29 is 28.1 Å². The molecule has 2 N–H and O–H groups in total. The average molecular weight is 421 g/mol. The van der Waals surface area contributed by atoms with Crippen molar-refractivity contribution in [2.45, 2.75) is 25.7 Å². The van der Waals surface area contributed by atoms with Crippen LogP contribution in [0.2, 0.25) is 0 Å². The Labute approximate surface area is 172 Å². The summed E-state index contributed by atoms with van der Waals surface area (Å²) in [4.78, 5) is 37.6. The molecule has 29 heavy (non-hydrogen) atoms. The lowest BCUT2D eigenvalue weighted by atomic mass is 10.2. The first-order chi connectivity index (χ1) is 14.0. The molecule has 2 aromatic heterocycles. The van der Waals surface area contributed by atoms with E-state index in [-0.39, 0.29) is 24.9 Å². The van der Waals surface area contributed by atoms with Crippen LogP contribution in [-0.4, -0.2) is 60.7 Å². The van der Waals surface area contributed by atoms with E-state index in [1.54, 1.807) is 17.5 Å². The van der Waals surface area contributed by atoms with Crippen molar-refractivity contribution in [1.29, 1.82) is 0 Å². The summed E-state index contributed by atoms with van der Waals surface area (Å²) in [6.07, 6.45) is 5.47. The maximum Gasteiger partial charge on any atom is 0.350 e. The van der Waals surface area contributed by atoms with Crippen LogP contribution >= 0.6 is 11.3 Å². The lowest BCUT2D eigenvalue weighted by Crippen LogP contribution is -2.56. The Bertz CT molecular complexity index is 841. The number of methoxy groups -OCH3 is 1. The van der Waals surface area contributed by atoms with Gasteiger partial charge in [0.2, 0.25) is 0 Å². The van der Waals surface area contributed by atoms with Gasteiger partial charge in [0.15, 0.2) is 18.9 Å². The van der Waals surface area contributed by atoms with Crippen LogP contribution in [0, 0.1) is 0 Å². The summed E-state index contributed by atoms with van der Waals surface area (Å²) in [5.41, 5.74) is 0.437. The van der Waals surface area contributed by atoms with E-state index in [0.29, 0.717) is 20.9 Å². The molecular formula is C19H25N4O5S+. The molecule has 0 aliphatic carbocycles. The average Bonchev–Trinajstić information content (AvgIpc) is 3.30. The number of hydrogen-bond donors (Lipinski definition) is 2. The second-order valence-electron chi connectivity index (χ2n) is 7.16. The molecule has 1 aliphatic rings. The van der Waals surface area contributed by atoms with Crippen molar-refractivity contribution in [3.05, 3.63) is 28.7 Å². The summed E-state index contributed by atoms with van der Waals surface area (Å²) in [7, 11) is 1.30. The molecule has 1 aliphatic heterocycles. The van der Waals surface area contributed by atoms with Gasteiger partial charge >= 0.3 is 5.97 Å². The Morgan fingerprint density at radius 2 is 1.79 bits per heavy atom. The Balaban J connectivity index is 1.69. The fraction of sp³-hybridized carbons (Fsp3) is 0.474. The van der Waals surface area contributed by atoms with Gasteiger partial charge in [-0.05, 0) is 37.1 Å². The summed E-state index contributed by atoms with van der Waals surface area (Å²) in [6.45, 7) is 1.82. The number of nitrogens with zero attached hydrogens (tertiary/aromatic N) is 2. The number of hydrogen-bond acceptors (Lipinski definition) is 7. The number of ether oxygens (including phenoxy) is 1. The molecule has 2 amide bonds. The third kappa shape index (κ3) is 5.64. The third-order valence-electron chi connectivity index (χ3n) is 4.99. The minimum Gasteiger partial charge on any atom is -0.465 e. The zero-order valence-electron chi connectivity index (χ0n) is 16.3. The van der Waals surface area contributed by atoms with Crippen molar-refractivity contribution >= 4 is 40.6 Å². The molecule has 0 spiro atoms. The van der Waals surface area contributed by atoms with Crippen LogP contribution in [0.1, 0.15) is 35.4 Å². The number of carbonyl (C=O) groups is 3. The zero-order chi connectivity index (χ0) is 20.7. The first-order valence-corrected chi connectivity index (χ1v) is 10.4. The fourth-order valence-corrected chi connectivity index (χ4v) is 4.41. The topological polar surface area (TPSA) is 111 Å². The van der Waals surface area contributed by atoms with Crippen LogP contribution in [0.25, 0.3) is 0 Å². The molecule has 0 saturated carbocycles. The number of rotatable bonds is 7. The molecule has 0 aromatic carbocycles. The van der Waals surface area contributed by atoms with Gasteiger partial charge in [-0.1, -0.05) is 5.16 Å². The van der Waals surface area contributed by atoms with Gasteiger partial charge in [-0.3, -0.25) is 9.59 Å². The van der Waals surface area contributed by atoms with Crippen LogP contribution in [-0.2, 0) is 14.3 Å². The van der Waals surface area contributed by atoms with Crippen LogP contribution < -0.4 is 10.6 Å². The molecule has 3 heterocycles. The van der Waals surface area contributed by atoms with Gasteiger partial charge in [-0.25, -0.2) is 4.79 Å². The highest BCUT2D eigenvalue weighted by molar-refractivity contribution is 7.12. The maximum absolute atomic E-state index is 12.8. The van der Waals surface area contributed by atoms with Gasteiger partial charge in [0.05, 0.1) is 25.9 Å². The fourth-order valence-electron chi connectivity index (χ4n) is 3.65. The van der Waals surface area contributed by atoms with Gasteiger partial charge in [-0.15, -0.1) is 11.3 Å². The number of esters is 1. The van der Waals surface area contributed by atoms with E-state index in [4.69, 9.17) is 9.26 Å². The van der Waals surface area contributed by atoms with E-state index < -0.39 is 5.97 Å². The van der Waals surface area contributed by atoms with E-state index in [0.717, 1.165) is 38.8 Å². The smallest absolute Gasteiger partial charge is 0.350 e. The maximum atomic E-state index is 12.8. The summed E-state index contributed by atoms with van der Waals surface area (Å²) in [6, 6.07) is 3.25. The second kappa shape index (κ2) is 9.66. The number of anilines is 2. The van der Waals surface area contributed by atoms with E-state index in [1.165, 1.54) is 24.7 Å². The van der Waals surface area contributed by atoms with E-state index in [9.17, 15) is 14.4 Å². The highest BCUT2D eigenvalue weighted by atomic mass is 32.1. The number of aromatic nitrogens is 1. The van der Waals surface area contributed by atoms with Gasteiger partial charge in [0.25, 0.3) is 11.8 Å². The number of quaternary nitrogens is 1. The Kier molecular flexibility index (Phi) is 6.99. The van der Waals surface area contributed by atoms with Crippen LogP contribution in [0.5, 0.6) is 0 Å². The summed E-state index contributed by atoms with van der Waals surface area (Å²) < 4.78 is 9.87. The van der Waals surface area contributed by atoms with Crippen molar-refractivity contribution in [3.8, 4) is 0 Å². The van der Waals surface area contributed by atoms with E-state index in [2.05, 4.69) is 15.8 Å². The number of amides is 2. The van der Waals surface area contributed by atoms with Gasteiger partial charge < -0.3 is 24.4 Å². The van der Waals surface area contributed by atoms with Crippen LogP contribution in [0.15, 0.2) is 28.3 Å². The van der Waals surface area contributed by atoms with Gasteiger partial charge in [0, 0.05) is 6.07 Å². The zero-order valence-corrected chi connectivity index (χ0v) is 17.1. The van der Waals surface area contributed by atoms with Gasteiger partial charge in [-0.2, -0.15) is 0 Å². The Hall–Kier alpha value is -2.72. The molecule has 0 atom stereocenters. The third-order valence-corrected chi connectivity index (χ3v) is 5.88. The molecule has 0 unspecified atom stereocenters. The predicted octanol–water partition coefficient (Wildman–Crippen LogP) is 2.49. The second-order valence-corrected chi connectivity index (χ2v) is 8.07. The minimum atomic E-state index is -0.485. The first kappa shape index (κ1) is 21.0. The normalized spacial score (nSPS) is 15.9. The summed E-state index contributed by atoms with van der Waals surface area (Å²) in [5.74, 6) is -0.571. The van der Waals surface area contributed by atoms with Crippen molar-refractivity contribution in [3.63, 3.8) is 0 Å². The van der Waals surface area contributed by atoms with Crippen molar-refractivity contribution in [2.24, 2.45) is 0 Å². The van der Waals surface area contributed by atoms with Crippen LogP contribution in [0.4, 0.5) is 11.5 Å². The lowest BCUT2D eigenvalue weighted by Gasteiger charge is -2.36. The molecule has 1 fully saturated rings. The lowest BCUT2D eigenvalue weighted by molar-refractivity contribution is -0.912. The molecule has 0 radical (unpaired) electrons. The molecule has 3 rings (SSSR count). The number of nitrogens with one attached hydrogen (secondary N) is 2. The molecule has 1 saturated heterocycles.